The summed E-state index contributed by atoms with van der Waals surface area (Å²) in [6.45, 7) is 7.34. The Morgan fingerprint density at radius 3 is 2.16 bits per heavy atom. The van der Waals surface area contributed by atoms with Gasteiger partial charge in [-0.1, -0.05) is 90.5 Å². The maximum Gasteiger partial charge on any atom is 0.408 e. The van der Waals surface area contributed by atoms with Crippen molar-refractivity contribution in [3.63, 3.8) is 0 Å². The lowest BCUT2D eigenvalue weighted by Crippen LogP contribution is -2.57. The van der Waals surface area contributed by atoms with Gasteiger partial charge in [-0.3, -0.25) is 9.59 Å². The number of nitrogens with zero attached hydrogens (tertiary/aromatic N) is 1. The van der Waals surface area contributed by atoms with Gasteiger partial charge in [0.05, 0.1) is 0 Å². The van der Waals surface area contributed by atoms with Crippen LogP contribution in [0.5, 0.6) is 0 Å². The van der Waals surface area contributed by atoms with E-state index in [9.17, 15) is 14.4 Å². The Labute approximate surface area is 259 Å². The van der Waals surface area contributed by atoms with Crippen LogP contribution in [0.1, 0.15) is 62.8 Å². The summed E-state index contributed by atoms with van der Waals surface area (Å²) in [6, 6.07) is 29.1. The highest BCUT2D eigenvalue weighted by atomic mass is 16.6. The number of hydrogen-bond donors (Lipinski definition) is 2. The van der Waals surface area contributed by atoms with Gasteiger partial charge < -0.3 is 20.3 Å². The molecule has 4 aromatic carbocycles. The molecule has 228 valence electrons. The molecule has 0 saturated heterocycles. The monoisotopic (exact) mass is 591 g/mol. The van der Waals surface area contributed by atoms with Crippen molar-refractivity contribution in [2.24, 2.45) is 0 Å². The van der Waals surface area contributed by atoms with Crippen LogP contribution in [0.4, 0.5) is 10.5 Å². The van der Waals surface area contributed by atoms with Crippen molar-refractivity contribution in [2.45, 2.75) is 77.1 Å². The van der Waals surface area contributed by atoms with Crippen molar-refractivity contribution in [1.82, 2.24) is 10.2 Å². The molecule has 4 aromatic rings. The van der Waals surface area contributed by atoms with Crippen LogP contribution in [0.15, 0.2) is 97.1 Å². The van der Waals surface area contributed by atoms with Crippen LogP contribution in [0.25, 0.3) is 10.8 Å². The summed E-state index contributed by atoms with van der Waals surface area (Å²) in [5.74, 6) is -0.622. The van der Waals surface area contributed by atoms with Gasteiger partial charge in [-0.25, -0.2) is 4.79 Å². The maximum atomic E-state index is 14.7. The average Bonchev–Trinajstić information content (AvgIpc) is 2.95. The van der Waals surface area contributed by atoms with Gasteiger partial charge in [0.1, 0.15) is 17.7 Å². The Morgan fingerprint density at radius 2 is 1.52 bits per heavy atom. The summed E-state index contributed by atoms with van der Waals surface area (Å²) < 4.78 is 5.56. The Kier molecular flexibility index (Phi) is 9.33. The van der Waals surface area contributed by atoms with Crippen LogP contribution < -0.4 is 10.6 Å². The molecule has 1 aliphatic carbocycles. The molecule has 7 heteroatoms. The summed E-state index contributed by atoms with van der Waals surface area (Å²) in [7, 11) is 0. The van der Waals surface area contributed by atoms with Gasteiger partial charge in [0, 0.05) is 18.2 Å². The number of amides is 3. The van der Waals surface area contributed by atoms with E-state index in [-0.39, 0.29) is 24.3 Å². The third-order valence-electron chi connectivity index (χ3n) is 7.93. The number of fused-ring (bicyclic) bond motifs is 1. The van der Waals surface area contributed by atoms with Gasteiger partial charge in [0.15, 0.2) is 0 Å². The topological polar surface area (TPSA) is 87.7 Å². The predicted octanol–water partition coefficient (Wildman–Crippen LogP) is 7.35. The van der Waals surface area contributed by atoms with Crippen molar-refractivity contribution in [3.05, 3.63) is 114 Å². The van der Waals surface area contributed by atoms with Gasteiger partial charge in [-0.05, 0) is 81.0 Å². The number of hydrogen-bond acceptors (Lipinski definition) is 4. The number of carbonyl (C=O) groups excluding carboxylic acids is 3. The lowest BCUT2D eigenvalue weighted by atomic mass is 9.87. The lowest BCUT2D eigenvalue weighted by Gasteiger charge is -2.43. The van der Waals surface area contributed by atoms with E-state index in [0.717, 1.165) is 41.2 Å². The fourth-order valence-corrected chi connectivity index (χ4v) is 5.53. The molecule has 2 unspecified atom stereocenters. The van der Waals surface area contributed by atoms with E-state index in [1.807, 2.05) is 104 Å². The molecular formula is C37H41N3O4. The van der Waals surface area contributed by atoms with Gasteiger partial charge in [-0.2, -0.15) is 0 Å². The highest BCUT2D eigenvalue weighted by Crippen LogP contribution is 2.35. The zero-order valence-electron chi connectivity index (χ0n) is 25.9. The van der Waals surface area contributed by atoms with Crippen LogP contribution in [0.2, 0.25) is 0 Å². The quantitative estimate of drug-likeness (QED) is 0.213. The maximum absolute atomic E-state index is 14.7. The molecule has 1 aliphatic rings. The number of benzene rings is 4. The van der Waals surface area contributed by atoms with E-state index in [1.54, 1.807) is 25.7 Å². The molecular weight excluding hydrogens is 550 g/mol. The Bertz CT molecular complexity index is 1610. The van der Waals surface area contributed by atoms with Crippen molar-refractivity contribution in [3.8, 4) is 0 Å². The van der Waals surface area contributed by atoms with Crippen LogP contribution in [-0.2, 0) is 20.7 Å². The largest absolute Gasteiger partial charge is 0.444 e. The summed E-state index contributed by atoms with van der Waals surface area (Å²) in [5, 5.41) is 8.03. The van der Waals surface area contributed by atoms with Gasteiger partial charge in [-0.15, -0.1) is 0 Å². The summed E-state index contributed by atoms with van der Waals surface area (Å²) in [6.07, 6.45) is 2.11. The molecule has 2 atom stereocenters. The van der Waals surface area contributed by atoms with E-state index in [2.05, 4.69) is 10.6 Å². The van der Waals surface area contributed by atoms with Crippen LogP contribution >= 0.6 is 0 Å². The first-order chi connectivity index (χ1) is 21.1. The first-order valence-electron chi connectivity index (χ1n) is 15.3. The van der Waals surface area contributed by atoms with Crippen LogP contribution in [-0.4, -0.2) is 40.5 Å². The molecule has 7 nitrogen and oxygen atoms in total. The second-order valence-corrected chi connectivity index (χ2v) is 12.6. The number of nitrogens with one attached hydrogen (secondary N) is 2. The molecule has 0 bridgehead atoms. The standard InChI is InChI=1S/C37H41N3O4/c1-25-17-19-28(20-18-25)33(34(41)38-30-22-21-27-13-8-9-14-29(27)24-30)40(31-15-10-16-31)35(42)32(23-26-11-6-5-7-12-26)39-36(43)44-37(2,3)4/h5-9,11-14,17-22,24,31-33H,10,15-16,23H2,1-4H3,(H,38,41)(H,39,43). The first kappa shape index (κ1) is 30.8. The van der Waals surface area contributed by atoms with Gasteiger partial charge in [0.25, 0.3) is 5.91 Å². The van der Waals surface area contributed by atoms with Crippen molar-refractivity contribution < 1.29 is 19.1 Å². The Morgan fingerprint density at radius 1 is 0.864 bits per heavy atom. The molecule has 1 fully saturated rings. The third kappa shape index (κ3) is 7.64. The minimum Gasteiger partial charge on any atom is -0.444 e. The average molecular weight is 592 g/mol. The van der Waals surface area contributed by atoms with Gasteiger partial charge >= 0.3 is 6.09 Å². The molecule has 1 saturated carbocycles. The van der Waals surface area contributed by atoms with E-state index >= 15 is 0 Å². The molecule has 3 amide bonds. The summed E-state index contributed by atoms with van der Waals surface area (Å²) in [5.41, 5.74) is 2.58. The fourth-order valence-electron chi connectivity index (χ4n) is 5.53. The Balaban J connectivity index is 1.52. The Hall–Kier alpha value is -4.65. The number of ether oxygens (including phenoxy) is 1. The van der Waals surface area contributed by atoms with Gasteiger partial charge in [0.2, 0.25) is 5.91 Å². The minimum absolute atomic E-state index is 0.144. The number of alkyl carbamates (subject to hydrolysis) is 1. The molecule has 0 heterocycles. The first-order valence-corrected chi connectivity index (χ1v) is 15.3. The lowest BCUT2D eigenvalue weighted by molar-refractivity contribution is -0.145. The summed E-state index contributed by atoms with van der Waals surface area (Å²) >= 11 is 0. The molecule has 0 aromatic heterocycles. The second-order valence-electron chi connectivity index (χ2n) is 12.6. The highest BCUT2D eigenvalue weighted by Gasteiger charge is 2.42. The normalized spacial score (nSPS) is 14.6. The van der Waals surface area contributed by atoms with E-state index in [0.29, 0.717) is 11.3 Å². The smallest absolute Gasteiger partial charge is 0.408 e. The van der Waals surface area contributed by atoms with Crippen LogP contribution in [0, 0.1) is 6.92 Å². The molecule has 0 spiro atoms. The number of carbonyl (C=O) groups is 3. The van der Waals surface area contributed by atoms with E-state index in [1.165, 1.54) is 0 Å². The van der Waals surface area contributed by atoms with Crippen molar-refractivity contribution in [1.29, 1.82) is 0 Å². The summed E-state index contributed by atoms with van der Waals surface area (Å²) in [4.78, 5) is 43.7. The predicted molar refractivity (Wildman–Crippen MR) is 174 cm³/mol. The van der Waals surface area contributed by atoms with E-state index < -0.39 is 23.8 Å². The number of anilines is 1. The van der Waals surface area contributed by atoms with Crippen molar-refractivity contribution in [2.75, 3.05) is 5.32 Å². The fraction of sp³-hybridized carbons (Fsp3) is 0.324. The van der Waals surface area contributed by atoms with Crippen molar-refractivity contribution >= 4 is 34.4 Å². The number of aryl methyl sites for hydroxylation is 1. The molecule has 44 heavy (non-hydrogen) atoms. The zero-order chi connectivity index (χ0) is 31.3. The van der Waals surface area contributed by atoms with Crippen LogP contribution in [0.3, 0.4) is 0 Å². The SMILES string of the molecule is Cc1ccc(C(C(=O)Nc2ccc3ccccc3c2)N(C(=O)C(Cc2ccccc2)NC(=O)OC(C)(C)C)C2CCC2)cc1. The molecule has 2 N–H and O–H groups in total. The zero-order valence-corrected chi connectivity index (χ0v) is 25.9. The highest BCUT2D eigenvalue weighted by molar-refractivity contribution is 6.00. The number of rotatable bonds is 9. The molecule has 0 aliphatic heterocycles. The third-order valence-corrected chi connectivity index (χ3v) is 7.93. The molecule has 5 rings (SSSR count). The second kappa shape index (κ2) is 13.3. The van der Waals surface area contributed by atoms with E-state index in [4.69, 9.17) is 4.74 Å². The minimum atomic E-state index is -0.936. The molecule has 0 radical (unpaired) electrons.